The number of anilines is 2. The van der Waals surface area contributed by atoms with Crippen molar-refractivity contribution < 1.29 is 14.4 Å². The van der Waals surface area contributed by atoms with Crippen LogP contribution in [0.3, 0.4) is 0 Å². The molecule has 4 rings (SSSR count). The van der Waals surface area contributed by atoms with Crippen molar-refractivity contribution in [2.24, 2.45) is 0 Å². The van der Waals surface area contributed by atoms with Crippen molar-refractivity contribution in [2.45, 2.75) is 0 Å². The maximum Gasteiger partial charge on any atom is 0.290 e. The number of benzene rings is 1. The maximum atomic E-state index is 12.2. The van der Waals surface area contributed by atoms with E-state index in [0.29, 0.717) is 35.2 Å². The Morgan fingerprint density at radius 2 is 1.88 bits per heavy atom. The van der Waals surface area contributed by atoms with Gasteiger partial charge in [-0.15, -0.1) is 0 Å². The average Bonchev–Trinajstić information content (AvgIpc) is 3.13. The van der Waals surface area contributed by atoms with Crippen LogP contribution < -0.4 is 20.9 Å². The van der Waals surface area contributed by atoms with Gasteiger partial charge in [0.05, 0.1) is 10.6 Å². The average molecular weight is 468 g/mol. The summed E-state index contributed by atoms with van der Waals surface area (Å²) in [4.78, 5) is 49.5. The fourth-order valence-electron chi connectivity index (χ4n) is 3.40. The third kappa shape index (κ3) is 6.08. The number of carbonyl (C=O) groups excluding carboxylic acids is 3. The SMILES string of the molecule is CN1CCN(c2cc(/C=C3\SC(=O)NC3=O)nc(NCCNC(=O)c3ccccc3)n2)CC1. The molecule has 10 nitrogen and oxygen atoms in total. The lowest BCUT2D eigenvalue weighted by Crippen LogP contribution is -2.44. The molecule has 1 aromatic carbocycles. The summed E-state index contributed by atoms with van der Waals surface area (Å²) in [6, 6.07) is 10.8. The molecule has 3 amide bonds. The van der Waals surface area contributed by atoms with Gasteiger partial charge in [-0.05, 0) is 37.0 Å². The molecule has 2 saturated heterocycles. The standard InChI is InChI=1S/C22H25N7O3S/c1-28-9-11-29(12-10-28)18-14-16(13-17-20(31)27-22(32)33-17)25-21(26-18)24-8-7-23-19(30)15-5-3-2-4-6-15/h2-6,13-14H,7-12H2,1H3,(H,23,30)(H,24,25,26)(H,27,31,32)/b17-13-. The molecule has 172 valence electrons. The summed E-state index contributed by atoms with van der Waals surface area (Å²) in [5.41, 5.74) is 1.13. The summed E-state index contributed by atoms with van der Waals surface area (Å²) in [5.74, 6) is 0.559. The van der Waals surface area contributed by atoms with Gasteiger partial charge in [0.1, 0.15) is 5.82 Å². The first-order valence-electron chi connectivity index (χ1n) is 10.6. The van der Waals surface area contributed by atoms with E-state index in [4.69, 9.17) is 0 Å². The van der Waals surface area contributed by atoms with Gasteiger partial charge < -0.3 is 20.4 Å². The molecule has 0 bridgehead atoms. The third-order valence-electron chi connectivity index (χ3n) is 5.21. The molecule has 1 aromatic heterocycles. The molecule has 11 heteroatoms. The van der Waals surface area contributed by atoms with Gasteiger partial charge in [-0.1, -0.05) is 18.2 Å². The molecule has 33 heavy (non-hydrogen) atoms. The second kappa shape index (κ2) is 10.5. The number of likely N-dealkylation sites (N-methyl/N-ethyl adjacent to an activating group) is 1. The Kier molecular flexibility index (Phi) is 7.20. The summed E-state index contributed by atoms with van der Waals surface area (Å²) in [5, 5.41) is 7.86. The van der Waals surface area contributed by atoms with Crippen LogP contribution in [0.5, 0.6) is 0 Å². The minimum absolute atomic E-state index is 0.149. The van der Waals surface area contributed by atoms with Crippen LogP contribution >= 0.6 is 11.8 Å². The fraction of sp³-hybridized carbons (Fsp3) is 0.318. The van der Waals surface area contributed by atoms with Crippen LogP contribution in [0.1, 0.15) is 16.1 Å². The van der Waals surface area contributed by atoms with Crippen LogP contribution in [0.25, 0.3) is 6.08 Å². The number of carbonyl (C=O) groups is 3. The monoisotopic (exact) mass is 467 g/mol. The lowest BCUT2D eigenvalue weighted by molar-refractivity contribution is -0.115. The fourth-order valence-corrected chi connectivity index (χ4v) is 4.07. The van der Waals surface area contributed by atoms with Gasteiger partial charge in [-0.25, -0.2) is 4.98 Å². The Morgan fingerprint density at radius 1 is 1.12 bits per heavy atom. The lowest BCUT2D eigenvalue weighted by Gasteiger charge is -2.33. The van der Waals surface area contributed by atoms with E-state index in [1.165, 1.54) is 0 Å². The predicted molar refractivity (Wildman–Crippen MR) is 128 cm³/mol. The summed E-state index contributed by atoms with van der Waals surface area (Å²) in [7, 11) is 2.08. The van der Waals surface area contributed by atoms with Gasteiger partial charge in [0.2, 0.25) is 5.95 Å². The second-order valence-electron chi connectivity index (χ2n) is 7.67. The van der Waals surface area contributed by atoms with Crippen molar-refractivity contribution in [3.63, 3.8) is 0 Å². The number of amides is 3. The van der Waals surface area contributed by atoms with Crippen molar-refractivity contribution in [1.82, 2.24) is 25.5 Å². The number of hydrogen-bond acceptors (Lipinski definition) is 9. The Morgan fingerprint density at radius 3 is 2.58 bits per heavy atom. The van der Waals surface area contributed by atoms with Crippen LogP contribution in [0.2, 0.25) is 0 Å². The molecule has 0 unspecified atom stereocenters. The number of hydrogen-bond donors (Lipinski definition) is 3. The van der Waals surface area contributed by atoms with Gasteiger partial charge in [-0.3, -0.25) is 19.7 Å². The van der Waals surface area contributed by atoms with E-state index >= 15 is 0 Å². The number of aromatic nitrogens is 2. The van der Waals surface area contributed by atoms with E-state index in [1.54, 1.807) is 18.2 Å². The first-order chi connectivity index (χ1) is 16.0. The predicted octanol–water partition coefficient (Wildman–Crippen LogP) is 1.39. The highest BCUT2D eigenvalue weighted by Gasteiger charge is 2.25. The van der Waals surface area contributed by atoms with Gasteiger partial charge in [-0.2, -0.15) is 4.98 Å². The number of nitrogens with zero attached hydrogens (tertiary/aromatic N) is 4. The number of nitrogens with one attached hydrogen (secondary N) is 3. The molecule has 0 radical (unpaired) electrons. The molecule has 3 N–H and O–H groups in total. The zero-order valence-electron chi connectivity index (χ0n) is 18.2. The van der Waals surface area contributed by atoms with Crippen LogP contribution in [0.4, 0.5) is 16.6 Å². The van der Waals surface area contributed by atoms with Crippen molar-refractivity contribution in [2.75, 3.05) is 56.5 Å². The highest BCUT2D eigenvalue weighted by Crippen LogP contribution is 2.26. The van der Waals surface area contributed by atoms with Crippen LogP contribution in [-0.4, -0.2) is 78.2 Å². The van der Waals surface area contributed by atoms with Crippen molar-refractivity contribution in [1.29, 1.82) is 0 Å². The van der Waals surface area contributed by atoms with Crippen molar-refractivity contribution in [3.8, 4) is 0 Å². The number of rotatable bonds is 7. The number of piperazine rings is 1. The largest absolute Gasteiger partial charge is 0.354 e. The minimum Gasteiger partial charge on any atom is -0.354 e. The van der Waals surface area contributed by atoms with Crippen molar-refractivity contribution >= 4 is 46.7 Å². The van der Waals surface area contributed by atoms with Gasteiger partial charge in [0, 0.05) is 50.9 Å². The molecule has 2 fully saturated rings. The highest BCUT2D eigenvalue weighted by atomic mass is 32.2. The molecule has 0 atom stereocenters. The van der Waals surface area contributed by atoms with E-state index in [0.717, 1.165) is 43.8 Å². The van der Waals surface area contributed by atoms with Gasteiger partial charge >= 0.3 is 0 Å². The van der Waals surface area contributed by atoms with E-state index in [9.17, 15) is 14.4 Å². The molecular formula is C22H25N7O3S. The summed E-state index contributed by atoms with van der Waals surface area (Å²) < 4.78 is 0. The molecule has 0 spiro atoms. The molecule has 2 aliphatic heterocycles. The van der Waals surface area contributed by atoms with E-state index in [2.05, 4.69) is 42.8 Å². The summed E-state index contributed by atoms with van der Waals surface area (Å²) >= 11 is 0.852. The zero-order valence-corrected chi connectivity index (χ0v) is 19.0. The Labute approximate surface area is 195 Å². The van der Waals surface area contributed by atoms with Crippen molar-refractivity contribution in [3.05, 3.63) is 52.6 Å². The summed E-state index contributed by atoms with van der Waals surface area (Å²) in [6.07, 6.45) is 1.59. The van der Waals surface area contributed by atoms with Gasteiger partial charge in [0.25, 0.3) is 17.1 Å². The normalized spacial score (nSPS) is 17.8. The van der Waals surface area contributed by atoms with Crippen LogP contribution in [0, 0.1) is 0 Å². The Balaban J connectivity index is 1.45. The first kappa shape index (κ1) is 22.7. The Bertz CT molecular complexity index is 1070. The van der Waals surface area contributed by atoms with Gasteiger partial charge in [0.15, 0.2) is 0 Å². The molecule has 0 aliphatic carbocycles. The van der Waals surface area contributed by atoms with Crippen LogP contribution in [-0.2, 0) is 4.79 Å². The highest BCUT2D eigenvalue weighted by molar-refractivity contribution is 8.18. The van der Waals surface area contributed by atoms with Crippen LogP contribution in [0.15, 0.2) is 41.3 Å². The third-order valence-corrected chi connectivity index (χ3v) is 6.02. The van der Waals surface area contributed by atoms with E-state index in [1.807, 2.05) is 24.3 Å². The quantitative estimate of drug-likeness (QED) is 0.410. The molecular weight excluding hydrogens is 442 g/mol. The molecule has 0 saturated carbocycles. The summed E-state index contributed by atoms with van der Waals surface area (Å²) in [6.45, 7) is 4.30. The topological polar surface area (TPSA) is 120 Å². The molecule has 3 heterocycles. The maximum absolute atomic E-state index is 12.2. The molecule has 2 aliphatic rings. The van der Waals surface area contributed by atoms with E-state index in [-0.39, 0.29) is 5.91 Å². The minimum atomic E-state index is -0.428. The zero-order chi connectivity index (χ0) is 23.2. The molecule has 2 aromatic rings. The second-order valence-corrected chi connectivity index (χ2v) is 8.68. The number of imide groups is 1. The number of thioether (sulfide) groups is 1. The Hall–Kier alpha value is -3.44. The first-order valence-corrected chi connectivity index (χ1v) is 11.4. The lowest BCUT2D eigenvalue weighted by atomic mass is 10.2. The smallest absolute Gasteiger partial charge is 0.290 e. The van der Waals surface area contributed by atoms with E-state index < -0.39 is 11.1 Å².